The summed E-state index contributed by atoms with van der Waals surface area (Å²) in [7, 11) is 1.64. The lowest BCUT2D eigenvalue weighted by Crippen LogP contribution is -2.52. The number of piperazine rings is 1. The number of amides is 2. The second kappa shape index (κ2) is 12.0. The summed E-state index contributed by atoms with van der Waals surface area (Å²) in [6, 6.07) is 0. The molecule has 2 N–H and O–H groups in total. The molecule has 0 saturated carbocycles. The van der Waals surface area contributed by atoms with E-state index in [0.717, 1.165) is 21.7 Å². The number of carbonyl (C=O) groups excluding carboxylic acids is 2. The van der Waals surface area contributed by atoms with Gasteiger partial charge in [0.2, 0.25) is 11.8 Å². The van der Waals surface area contributed by atoms with E-state index < -0.39 is 0 Å². The Morgan fingerprint density at radius 1 is 1.27 bits per heavy atom. The van der Waals surface area contributed by atoms with Crippen LogP contribution in [-0.4, -0.2) is 89.8 Å². The molecule has 0 spiro atoms. The van der Waals surface area contributed by atoms with Gasteiger partial charge in [-0.05, 0) is 32.8 Å². The van der Waals surface area contributed by atoms with Gasteiger partial charge in [0.1, 0.15) is 10.7 Å². The number of ether oxygens (including phenoxy) is 1. The first-order valence-electron chi connectivity index (χ1n) is 11.2. The Labute approximate surface area is 202 Å². The number of nitrogens with one attached hydrogen (secondary N) is 2. The fourth-order valence-electron chi connectivity index (χ4n) is 3.73. The van der Waals surface area contributed by atoms with Crippen molar-refractivity contribution >= 4 is 45.1 Å². The number of H-pyrrole nitrogens is 1. The van der Waals surface area contributed by atoms with Crippen LogP contribution in [0.4, 0.5) is 0 Å². The molecular weight excluding hydrogens is 462 g/mol. The fourth-order valence-corrected chi connectivity index (χ4v) is 5.61. The molecule has 182 valence electrons. The molecule has 2 aromatic rings. The molecule has 1 aliphatic heterocycles. The lowest BCUT2D eigenvalue weighted by molar-refractivity contribution is -0.132. The van der Waals surface area contributed by atoms with Gasteiger partial charge in [-0.2, -0.15) is 0 Å². The first-order valence-corrected chi connectivity index (χ1v) is 13.0. The molecule has 3 heterocycles. The molecule has 2 aromatic heterocycles. The monoisotopic (exact) mass is 495 g/mol. The smallest absolute Gasteiger partial charge is 0.259 e. The highest BCUT2D eigenvalue weighted by Gasteiger charge is 2.26. The number of thiophene rings is 1. The number of thioether (sulfide) groups is 1. The number of carbonyl (C=O) groups is 2. The Balaban J connectivity index is 1.44. The highest BCUT2D eigenvalue weighted by Crippen LogP contribution is 2.26. The summed E-state index contributed by atoms with van der Waals surface area (Å²) in [5, 5.41) is 3.32. The van der Waals surface area contributed by atoms with Gasteiger partial charge in [0, 0.05) is 51.3 Å². The van der Waals surface area contributed by atoms with Crippen LogP contribution in [0.1, 0.15) is 29.6 Å². The van der Waals surface area contributed by atoms with Crippen molar-refractivity contribution in [3.63, 3.8) is 0 Å². The summed E-state index contributed by atoms with van der Waals surface area (Å²) in [6.07, 6.45) is 0.796. The van der Waals surface area contributed by atoms with E-state index in [9.17, 15) is 14.4 Å². The number of fused-ring (bicyclic) bond motifs is 1. The molecule has 9 nitrogen and oxygen atoms in total. The van der Waals surface area contributed by atoms with Crippen molar-refractivity contribution in [2.45, 2.75) is 38.2 Å². The van der Waals surface area contributed by atoms with Crippen molar-refractivity contribution in [3.05, 3.63) is 26.6 Å². The Bertz CT molecular complexity index is 1030. The lowest BCUT2D eigenvalue weighted by Gasteiger charge is -2.35. The third-order valence-corrected chi connectivity index (χ3v) is 8.05. The van der Waals surface area contributed by atoms with Crippen LogP contribution in [0.25, 0.3) is 10.2 Å². The molecule has 33 heavy (non-hydrogen) atoms. The highest BCUT2D eigenvalue weighted by molar-refractivity contribution is 7.99. The zero-order valence-corrected chi connectivity index (χ0v) is 21.4. The molecule has 2 amide bonds. The van der Waals surface area contributed by atoms with E-state index in [4.69, 9.17) is 4.74 Å². The average Bonchev–Trinajstić information content (AvgIpc) is 3.08. The van der Waals surface area contributed by atoms with E-state index in [1.54, 1.807) is 7.11 Å². The summed E-state index contributed by atoms with van der Waals surface area (Å²) in [6.45, 7) is 9.98. The molecule has 1 atom stereocenters. The summed E-state index contributed by atoms with van der Waals surface area (Å²) >= 11 is 3.00. The second-order valence-corrected chi connectivity index (χ2v) is 10.8. The highest BCUT2D eigenvalue weighted by atomic mass is 32.2. The zero-order chi connectivity index (χ0) is 24.0. The minimum Gasteiger partial charge on any atom is -0.385 e. The summed E-state index contributed by atoms with van der Waals surface area (Å²) in [5.41, 5.74) is 0.865. The van der Waals surface area contributed by atoms with Crippen LogP contribution in [0.3, 0.4) is 0 Å². The molecular formula is C22H33N5O4S2. The molecule has 0 aromatic carbocycles. The molecule has 1 fully saturated rings. The van der Waals surface area contributed by atoms with E-state index in [1.807, 2.05) is 25.7 Å². The van der Waals surface area contributed by atoms with Crippen molar-refractivity contribution in [2.75, 3.05) is 53.0 Å². The predicted octanol–water partition coefficient (Wildman–Crippen LogP) is 1.52. The van der Waals surface area contributed by atoms with E-state index >= 15 is 0 Å². The van der Waals surface area contributed by atoms with E-state index in [-0.39, 0.29) is 22.6 Å². The Morgan fingerprint density at radius 3 is 2.70 bits per heavy atom. The van der Waals surface area contributed by atoms with Gasteiger partial charge in [0.15, 0.2) is 0 Å². The zero-order valence-electron chi connectivity index (χ0n) is 19.7. The maximum absolute atomic E-state index is 12.9. The van der Waals surface area contributed by atoms with Gasteiger partial charge in [-0.3, -0.25) is 19.3 Å². The third-order valence-electron chi connectivity index (χ3n) is 5.80. The van der Waals surface area contributed by atoms with E-state index in [0.29, 0.717) is 62.8 Å². The molecule has 0 aliphatic carbocycles. The third kappa shape index (κ3) is 6.78. The number of aromatic nitrogens is 2. The summed E-state index contributed by atoms with van der Waals surface area (Å²) in [4.78, 5) is 50.6. The Kier molecular flexibility index (Phi) is 9.30. The number of rotatable bonds is 10. The quantitative estimate of drug-likeness (QED) is 0.481. The van der Waals surface area contributed by atoms with Gasteiger partial charge in [-0.25, -0.2) is 4.98 Å². The number of methoxy groups -OCH3 is 1. The van der Waals surface area contributed by atoms with Crippen molar-refractivity contribution in [3.8, 4) is 0 Å². The standard InChI is InChI=1S/C22H33N5O4S2/c1-14-15(2)33-21-19(14)20(29)24-17(25-21)13-32-16(3)22(30)27-9-7-26(8-10-27)12-18(28)23-6-5-11-31-4/h16H,5-13H2,1-4H3,(H,23,28)(H,24,25,29). The summed E-state index contributed by atoms with van der Waals surface area (Å²) in [5.74, 6) is 1.15. The second-order valence-electron chi connectivity index (χ2n) is 8.23. The molecule has 1 saturated heterocycles. The minimum atomic E-state index is -0.242. The number of nitrogens with zero attached hydrogens (tertiary/aromatic N) is 3. The van der Waals surface area contributed by atoms with Crippen LogP contribution in [0.15, 0.2) is 4.79 Å². The first kappa shape index (κ1) is 25.7. The Hall–Kier alpha value is -1.95. The van der Waals surface area contributed by atoms with Crippen LogP contribution in [0.2, 0.25) is 0 Å². The molecule has 0 radical (unpaired) electrons. The molecule has 1 unspecified atom stereocenters. The largest absolute Gasteiger partial charge is 0.385 e. The minimum absolute atomic E-state index is 0.00407. The van der Waals surface area contributed by atoms with Crippen LogP contribution < -0.4 is 10.9 Å². The van der Waals surface area contributed by atoms with Crippen LogP contribution in [0, 0.1) is 13.8 Å². The maximum atomic E-state index is 12.9. The van der Waals surface area contributed by atoms with Crippen molar-refractivity contribution in [1.29, 1.82) is 0 Å². The number of hydrogen-bond acceptors (Lipinski definition) is 8. The maximum Gasteiger partial charge on any atom is 0.259 e. The van der Waals surface area contributed by atoms with E-state index in [1.165, 1.54) is 23.1 Å². The van der Waals surface area contributed by atoms with Crippen LogP contribution in [-0.2, 0) is 20.1 Å². The Morgan fingerprint density at radius 2 is 2.00 bits per heavy atom. The fraction of sp³-hybridized carbons (Fsp3) is 0.636. The topological polar surface area (TPSA) is 108 Å². The molecule has 1 aliphatic rings. The summed E-state index contributed by atoms with van der Waals surface area (Å²) < 4.78 is 4.98. The SMILES string of the molecule is COCCCNC(=O)CN1CCN(C(=O)C(C)SCc2nc3sc(C)c(C)c3c(=O)[nH]2)CC1. The number of aromatic amines is 1. The van der Waals surface area contributed by atoms with Crippen LogP contribution >= 0.6 is 23.1 Å². The number of aryl methyl sites for hydroxylation is 2. The van der Waals surface area contributed by atoms with Gasteiger partial charge in [-0.1, -0.05) is 0 Å². The van der Waals surface area contributed by atoms with Crippen LogP contribution in [0.5, 0.6) is 0 Å². The normalized spacial score (nSPS) is 15.7. The first-order chi connectivity index (χ1) is 15.8. The molecule has 3 rings (SSSR count). The van der Waals surface area contributed by atoms with Crippen molar-refractivity contribution in [1.82, 2.24) is 25.1 Å². The molecule has 11 heteroatoms. The van der Waals surface area contributed by atoms with E-state index in [2.05, 4.69) is 20.2 Å². The molecule has 0 bridgehead atoms. The predicted molar refractivity (Wildman–Crippen MR) is 133 cm³/mol. The number of hydrogen-bond donors (Lipinski definition) is 2. The lowest BCUT2D eigenvalue weighted by atomic mass is 10.2. The van der Waals surface area contributed by atoms with Gasteiger partial charge < -0.3 is 19.9 Å². The van der Waals surface area contributed by atoms with Gasteiger partial charge >= 0.3 is 0 Å². The van der Waals surface area contributed by atoms with Gasteiger partial charge in [-0.15, -0.1) is 23.1 Å². The van der Waals surface area contributed by atoms with Crippen molar-refractivity contribution in [2.24, 2.45) is 0 Å². The van der Waals surface area contributed by atoms with Crippen molar-refractivity contribution < 1.29 is 14.3 Å². The average molecular weight is 496 g/mol. The van der Waals surface area contributed by atoms with Gasteiger partial charge in [0.25, 0.3) is 5.56 Å². The van der Waals surface area contributed by atoms with Gasteiger partial charge in [0.05, 0.1) is 22.9 Å².